The molecule has 0 saturated heterocycles. The summed E-state index contributed by atoms with van der Waals surface area (Å²) >= 11 is 0. The van der Waals surface area contributed by atoms with Crippen molar-refractivity contribution in [2.24, 2.45) is 5.92 Å². The van der Waals surface area contributed by atoms with Gasteiger partial charge in [0.05, 0.1) is 6.10 Å². The number of carbonyl (C=O) groups is 1. The molecule has 1 rings (SSSR count). The predicted octanol–water partition coefficient (Wildman–Crippen LogP) is 1.27. The van der Waals surface area contributed by atoms with E-state index in [1.54, 1.807) is 0 Å². The zero-order chi connectivity index (χ0) is 10.8. The second-order valence-corrected chi connectivity index (χ2v) is 4.49. The minimum Gasteiger partial charge on any atom is -0.390 e. The minimum absolute atomic E-state index is 0.195. The Morgan fingerprint density at radius 1 is 1.57 bits per heavy atom. The molecule has 0 aromatic rings. The van der Waals surface area contributed by atoms with E-state index < -0.39 is 11.7 Å². The SMILES string of the molecule is CCCC(=O)C1(O)CCC(C)CC1O. The van der Waals surface area contributed by atoms with E-state index in [4.69, 9.17) is 0 Å². The van der Waals surface area contributed by atoms with Crippen LogP contribution in [0.3, 0.4) is 0 Å². The quantitative estimate of drug-likeness (QED) is 0.721. The lowest BCUT2D eigenvalue weighted by atomic mass is 9.74. The number of hydrogen-bond acceptors (Lipinski definition) is 3. The van der Waals surface area contributed by atoms with Crippen LogP contribution in [0.15, 0.2) is 0 Å². The van der Waals surface area contributed by atoms with E-state index in [-0.39, 0.29) is 5.78 Å². The maximum atomic E-state index is 11.6. The molecule has 14 heavy (non-hydrogen) atoms. The zero-order valence-electron chi connectivity index (χ0n) is 8.99. The molecule has 3 nitrogen and oxygen atoms in total. The summed E-state index contributed by atoms with van der Waals surface area (Å²) in [6, 6.07) is 0. The van der Waals surface area contributed by atoms with Crippen LogP contribution in [-0.4, -0.2) is 27.7 Å². The van der Waals surface area contributed by atoms with Crippen molar-refractivity contribution >= 4 is 5.78 Å². The molecular formula is C11H20O3. The summed E-state index contributed by atoms with van der Waals surface area (Å²) in [6.07, 6.45) is 1.99. The molecule has 1 fully saturated rings. The van der Waals surface area contributed by atoms with Gasteiger partial charge in [-0.3, -0.25) is 4.79 Å². The van der Waals surface area contributed by atoms with Crippen molar-refractivity contribution in [3.05, 3.63) is 0 Å². The minimum atomic E-state index is -1.46. The second-order valence-electron chi connectivity index (χ2n) is 4.49. The van der Waals surface area contributed by atoms with E-state index in [9.17, 15) is 15.0 Å². The lowest BCUT2D eigenvalue weighted by Crippen LogP contribution is -2.52. The molecule has 1 saturated carbocycles. The third-order valence-electron chi connectivity index (χ3n) is 3.16. The molecular weight excluding hydrogens is 180 g/mol. The molecule has 1 aliphatic carbocycles. The number of rotatable bonds is 3. The van der Waals surface area contributed by atoms with Gasteiger partial charge in [-0.2, -0.15) is 0 Å². The monoisotopic (exact) mass is 200 g/mol. The lowest BCUT2D eigenvalue weighted by molar-refractivity contribution is -0.159. The molecule has 0 aromatic carbocycles. The average molecular weight is 200 g/mol. The molecule has 0 amide bonds. The Labute approximate surface area is 85.1 Å². The van der Waals surface area contributed by atoms with Gasteiger partial charge in [-0.1, -0.05) is 13.8 Å². The van der Waals surface area contributed by atoms with Gasteiger partial charge in [0.15, 0.2) is 5.78 Å². The van der Waals surface area contributed by atoms with Crippen LogP contribution >= 0.6 is 0 Å². The zero-order valence-corrected chi connectivity index (χ0v) is 8.99. The van der Waals surface area contributed by atoms with E-state index in [1.165, 1.54) is 0 Å². The van der Waals surface area contributed by atoms with E-state index >= 15 is 0 Å². The van der Waals surface area contributed by atoms with E-state index in [1.807, 2.05) is 13.8 Å². The molecule has 0 aliphatic heterocycles. The molecule has 0 bridgehead atoms. The fourth-order valence-electron chi connectivity index (χ4n) is 2.10. The summed E-state index contributed by atoms with van der Waals surface area (Å²) in [5.74, 6) is 0.208. The molecule has 0 spiro atoms. The van der Waals surface area contributed by atoms with Gasteiger partial charge in [0.25, 0.3) is 0 Å². The normalized spacial score (nSPS) is 38.3. The summed E-state index contributed by atoms with van der Waals surface area (Å²) in [5.41, 5.74) is -1.46. The molecule has 3 unspecified atom stereocenters. The van der Waals surface area contributed by atoms with Crippen molar-refractivity contribution in [3.8, 4) is 0 Å². The molecule has 1 aliphatic rings. The Balaban J connectivity index is 2.68. The standard InChI is InChI=1S/C11H20O3/c1-3-4-9(12)11(14)6-5-8(2)7-10(11)13/h8,10,13-14H,3-7H2,1-2H3. The Hall–Kier alpha value is -0.410. The van der Waals surface area contributed by atoms with Crippen molar-refractivity contribution < 1.29 is 15.0 Å². The number of hydrogen-bond donors (Lipinski definition) is 2. The van der Waals surface area contributed by atoms with Gasteiger partial charge in [0, 0.05) is 6.42 Å². The average Bonchev–Trinajstić information content (AvgIpc) is 2.12. The topological polar surface area (TPSA) is 57.5 Å². The number of aliphatic hydroxyl groups excluding tert-OH is 1. The fourth-order valence-corrected chi connectivity index (χ4v) is 2.10. The van der Waals surface area contributed by atoms with Gasteiger partial charge in [-0.25, -0.2) is 0 Å². The second kappa shape index (κ2) is 4.41. The van der Waals surface area contributed by atoms with Crippen LogP contribution in [-0.2, 0) is 4.79 Å². The number of Topliss-reactive ketones (excluding diaryl/α,β-unsaturated/α-hetero) is 1. The Morgan fingerprint density at radius 2 is 2.21 bits per heavy atom. The van der Waals surface area contributed by atoms with Gasteiger partial charge in [-0.15, -0.1) is 0 Å². The molecule has 3 heteroatoms. The largest absolute Gasteiger partial charge is 0.390 e. The van der Waals surface area contributed by atoms with Gasteiger partial charge in [0.2, 0.25) is 0 Å². The van der Waals surface area contributed by atoms with Gasteiger partial charge in [-0.05, 0) is 31.6 Å². The molecule has 0 heterocycles. The van der Waals surface area contributed by atoms with Gasteiger partial charge in [0.1, 0.15) is 5.60 Å². The van der Waals surface area contributed by atoms with Crippen LogP contribution in [0.1, 0.15) is 46.0 Å². The van der Waals surface area contributed by atoms with Crippen LogP contribution in [0.25, 0.3) is 0 Å². The maximum absolute atomic E-state index is 11.6. The maximum Gasteiger partial charge on any atom is 0.167 e. The van der Waals surface area contributed by atoms with Crippen LogP contribution < -0.4 is 0 Å². The van der Waals surface area contributed by atoms with Crippen molar-refractivity contribution in [2.45, 2.75) is 57.7 Å². The number of ketones is 1. The predicted molar refractivity (Wildman–Crippen MR) is 53.9 cm³/mol. The fraction of sp³-hybridized carbons (Fsp3) is 0.909. The first-order valence-electron chi connectivity index (χ1n) is 5.44. The Kier molecular flexibility index (Phi) is 3.67. The van der Waals surface area contributed by atoms with Crippen molar-refractivity contribution in [1.29, 1.82) is 0 Å². The smallest absolute Gasteiger partial charge is 0.167 e. The third kappa shape index (κ3) is 2.15. The first-order chi connectivity index (χ1) is 6.50. The summed E-state index contributed by atoms with van der Waals surface area (Å²) in [4.78, 5) is 11.6. The van der Waals surface area contributed by atoms with Crippen LogP contribution in [0.2, 0.25) is 0 Å². The van der Waals surface area contributed by atoms with Gasteiger partial charge < -0.3 is 10.2 Å². The summed E-state index contributed by atoms with van der Waals surface area (Å²) in [6.45, 7) is 3.94. The number of aliphatic hydroxyl groups is 2. The van der Waals surface area contributed by atoms with Crippen molar-refractivity contribution in [3.63, 3.8) is 0 Å². The highest BCUT2D eigenvalue weighted by atomic mass is 16.3. The van der Waals surface area contributed by atoms with E-state index in [2.05, 4.69) is 0 Å². The van der Waals surface area contributed by atoms with Crippen molar-refractivity contribution in [2.75, 3.05) is 0 Å². The summed E-state index contributed by atoms with van der Waals surface area (Å²) in [5, 5.41) is 19.8. The summed E-state index contributed by atoms with van der Waals surface area (Å²) in [7, 11) is 0. The Morgan fingerprint density at radius 3 is 2.71 bits per heavy atom. The molecule has 3 atom stereocenters. The van der Waals surface area contributed by atoms with Crippen LogP contribution in [0, 0.1) is 5.92 Å². The van der Waals surface area contributed by atoms with Crippen LogP contribution in [0.5, 0.6) is 0 Å². The Bertz CT molecular complexity index is 215. The van der Waals surface area contributed by atoms with E-state index in [0.717, 1.165) is 12.8 Å². The molecule has 0 radical (unpaired) electrons. The number of carbonyl (C=O) groups excluding carboxylic acids is 1. The van der Waals surface area contributed by atoms with Crippen LogP contribution in [0.4, 0.5) is 0 Å². The third-order valence-corrected chi connectivity index (χ3v) is 3.16. The molecule has 0 aromatic heterocycles. The summed E-state index contributed by atoms with van der Waals surface area (Å²) < 4.78 is 0. The van der Waals surface area contributed by atoms with Crippen molar-refractivity contribution in [1.82, 2.24) is 0 Å². The lowest BCUT2D eigenvalue weighted by Gasteiger charge is -2.38. The van der Waals surface area contributed by atoms with E-state index in [0.29, 0.717) is 25.2 Å². The first kappa shape index (κ1) is 11.7. The molecule has 2 N–H and O–H groups in total. The van der Waals surface area contributed by atoms with Gasteiger partial charge >= 0.3 is 0 Å². The highest BCUT2D eigenvalue weighted by molar-refractivity contribution is 5.87. The highest BCUT2D eigenvalue weighted by Crippen LogP contribution is 2.33. The molecule has 82 valence electrons. The first-order valence-corrected chi connectivity index (χ1v) is 5.44. The highest BCUT2D eigenvalue weighted by Gasteiger charge is 2.45.